The number of rotatable bonds is 16. The first-order valence-electron chi connectivity index (χ1n) is 18.8. The van der Waals surface area contributed by atoms with Crippen molar-refractivity contribution in [2.75, 3.05) is 13.4 Å². The van der Waals surface area contributed by atoms with E-state index in [1.165, 1.54) is 49.6 Å². The second-order valence-corrected chi connectivity index (χ2v) is 21.4. The highest BCUT2D eigenvalue weighted by Gasteiger charge is 2.26. The maximum atomic E-state index is 13.8. The number of sulfone groups is 2. The summed E-state index contributed by atoms with van der Waals surface area (Å²) < 4.78 is 142. The van der Waals surface area contributed by atoms with Gasteiger partial charge >= 0.3 is 0 Å². The van der Waals surface area contributed by atoms with E-state index in [-0.39, 0.29) is 37.7 Å². The first kappa shape index (κ1) is 49.4. The van der Waals surface area contributed by atoms with Gasteiger partial charge in [-0.2, -0.15) is 16.8 Å². The van der Waals surface area contributed by atoms with Crippen LogP contribution in [0.2, 0.25) is 0 Å². The fourth-order valence-corrected chi connectivity index (χ4v) is 9.87. The number of methoxy groups -OCH3 is 1. The molecule has 0 fully saturated rings. The van der Waals surface area contributed by atoms with Gasteiger partial charge < -0.3 is 18.9 Å². The summed E-state index contributed by atoms with van der Waals surface area (Å²) in [6.07, 6.45) is 0.715. The van der Waals surface area contributed by atoms with E-state index in [1.54, 1.807) is 66.7 Å². The minimum atomic E-state index is -4.96. The third kappa shape index (κ3) is 12.8. The average molecular weight is 999 g/mol. The van der Waals surface area contributed by atoms with Crippen molar-refractivity contribution in [3.63, 3.8) is 0 Å². The second-order valence-electron chi connectivity index (χ2n) is 13.9. The smallest absolute Gasteiger partial charge is 0.298 e. The molecule has 0 bridgehead atoms. The molecule has 0 saturated heterocycles. The second kappa shape index (κ2) is 20.6. The van der Waals surface area contributed by atoms with E-state index in [0.717, 1.165) is 34.5 Å². The molecular formula is C44H38O17S5. The molecule has 0 aliphatic rings. The van der Waals surface area contributed by atoms with E-state index in [2.05, 4.69) is 9.37 Å². The molecule has 0 atom stereocenters. The number of fused-ring (bicyclic) bond motifs is 1. The summed E-state index contributed by atoms with van der Waals surface area (Å²) in [5.74, 6) is 1.83. The lowest BCUT2D eigenvalue weighted by atomic mass is 10.1. The maximum absolute atomic E-state index is 13.8. The van der Waals surface area contributed by atoms with Crippen molar-refractivity contribution < 1.29 is 76.4 Å². The Bertz CT molecular complexity index is 3300. The van der Waals surface area contributed by atoms with Crippen LogP contribution in [0.4, 0.5) is 0 Å². The SMILES string of the molecule is COc1ccc(Oc2ccc(S(=O)(=O)c3ccc(COc4ccc5cc(Oc6ccc(S(=O)(=O)c7ccc(C)cc7)cc6)ccc5c4)c(SOOO)c3)cc2S(=O)(=O)O)cc1.CS(=O)(=O)O. The van der Waals surface area contributed by atoms with Crippen molar-refractivity contribution in [1.82, 2.24) is 0 Å². The highest BCUT2D eigenvalue weighted by molar-refractivity contribution is 7.94. The molecule has 22 heteroatoms. The van der Waals surface area contributed by atoms with E-state index in [4.69, 9.17) is 28.8 Å². The minimum absolute atomic E-state index is 0.0793. The van der Waals surface area contributed by atoms with Crippen LogP contribution < -0.4 is 18.9 Å². The van der Waals surface area contributed by atoms with Crippen LogP contribution in [-0.4, -0.2) is 61.4 Å². The normalized spacial score (nSPS) is 11.9. The van der Waals surface area contributed by atoms with Crippen molar-refractivity contribution in [1.29, 1.82) is 0 Å². The fraction of sp³-hybridized carbons (Fsp3) is 0.0909. The van der Waals surface area contributed by atoms with Gasteiger partial charge in [0.25, 0.3) is 20.2 Å². The molecule has 7 aromatic rings. The van der Waals surface area contributed by atoms with Crippen LogP contribution in [0.25, 0.3) is 10.8 Å². The Morgan fingerprint density at radius 3 is 1.59 bits per heavy atom. The Balaban J connectivity index is 0.00000137. The first-order valence-corrected chi connectivity index (χ1v) is 25.8. The highest BCUT2D eigenvalue weighted by atomic mass is 32.2. The molecule has 66 heavy (non-hydrogen) atoms. The van der Waals surface area contributed by atoms with Gasteiger partial charge in [-0.25, -0.2) is 22.1 Å². The van der Waals surface area contributed by atoms with E-state index in [9.17, 15) is 38.2 Å². The number of benzene rings is 7. The lowest BCUT2D eigenvalue weighted by molar-refractivity contribution is -0.432. The van der Waals surface area contributed by atoms with E-state index >= 15 is 0 Å². The first-order chi connectivity index (χ1) is 31.1. The van der Waals surface area contributed by atoms with E-state index in [0.29, 0.717) is 46.9 Å². The molecule has 0 aromatic heterocycles. The lowest BCUT2D eigenvalue weighted by Gasteiger charge is -2.14. The molecule has 0 heterocycles. The molecule has 17 nitrogen and oxygen atoms in total. The fourth-order valence-electron chi connectivity index (χ4n) is 5.99. The summed E-state index contributed by atoms with van der Waals surface area (Å²) in [4.78, 5) is -1.000. The van der Waals surface area contributed by atoms with Gasteiger partial charge in [-0.15, -0.1) is 4.33 Å². The predicted molar refractivity (Wildman–Crippen MR) is 241 cm³/mol. The van der Waals surface area contributed by atoms with Gasteiger partial charge in [-0.05, 0) is 133 Å². The van der Waals surface area contributed by atoms with Crippen LogP contribution in [-0.2, 0) is 55.9 Å². The lowest BCUT2D eigenvalue weighted by Crippen LogP contribution is -2.07. The number of aryl methyl sites for hydroxylation is 1. The molecule has 0 amide bonds. The van der Waals surface area contributed by atoms with Crippen molar-refractivity contribution in [2.24, 2.45) is 0 Å². The van der Waals surface area contributed by atoms with Crippen LogP contribution >= 0.6 is 12.0 Å². The zero-order valence-electron chi connectivity index (χ0n) is 34.7. The summed E-state index contributed by atoms with van der Waals surface area (Å²) in [5.41, 5.74) is 1.39. The van der Waals surface area contributed by atoms with E-state index in [1.807, 2.05) is 25.1 Å². The van der Waals surface area contributed by atoms with Crippen LogP contribution in [0, 0.1) is 6.92 Å². The number of ether oxygens (including phenoxy) is 4. The van der Waals surface area contributed by atoms with Crippen molar-refractivity contribution in [2.45, 2.75) is 42.9 Å². The Morgan fingerprint density at radius 2 is 1.00 bits per heavy atom. The minimum Gasteiger partial charge on any atom is -0.497 e. The molecule has 0 unspecified atom stereocenters. The topological polar surface area (TPSA) is 253 Å². The van der Waals surface area contributed by atoms with Gasteiger partial charge in [0.2, 0.25) is 19.7 Å². The Morgan fingerprint density at radius 1 is 0.530 bits per heavy atom. The van der Waals surface area contributed by atoms with Crippen LogP contribution in [0.5, 0.6) is 34.5 Å². The quantitative estimate of drug-likeness (QED) is 0.0353. The zero-order chi connectivity index (χ0) is 47.9. The molecule has 7 aromatic carbocycles. The summed E-state index contributed by atoms with van der Waals surface area (Å²) in [5, 5.41) is 14.3. The van der Waals surface area contributed by atoms with Gasteiger partial charge in [0.1, 0.15) is 46.0 Å². The summed E-state index contributed by atoms with van der Waals surface area (Å²) >= 11 is 0.502. The summed E-state index contributed by atoms with van der Waals surface area (Å²) in [6.45, 7) is 1.80. The Kier molecular flexibility index (Phi) is 15.4. The molecule has 7 rings (SSSR count). The third-order valence-corrected chi connectivity index (χ3v) is 14.3. The largest absolute Gasteiger partial charge is 0.497 e. The van der Waals surface area contributed by atoms with Gasteiger partial charge in [0, 0.05) is 10.5 Å². The van der Waals surface area contributed by atoms with Gasteiger partial charge in [-0.1, -0.05) is 40.9 Å². The maximum Gasteiger partial charge on any atom is 0.298 e. The van der Waals surface area contributed by atoms with E-state index < -0.39 is 49.7 Å². The summed E-state index contributed by atoms with van der Waals surface area (Å²) in [6, 6.07) is 36.7. The van der Waals surface area contributed by atoms with Crippen LogP contribution in [0.15, 0.2) is 175 Å². The Labute approximate surface area is 384 Å². The molecule has 0 aliphatic heterocycles. The highest BCUT2D eigenvalue weighted by Crippen LogP contribution is 2.36. The molecule has 346 valence electrons. The van der Waals surface area contributed by atoms with Gasteiger partial charge in [-0.3, -0.25) is 9.11 Å². The molecule has 0 saturated carbocycles. The predicted octanol–water partition coefficient (Wildman–Crippen LogP) is 9.17. The summed E-state index contributed by atoms with van der Waals surface area (Å²) in [7, 11) is -15.3. The standard InChI is InChI=1S/C43H34O14S4.CH4O3S/c1-28-3-16-37(17-4-28)59(45,46)38-19-14-33(15-20-38)54-36-9-6-29-23-35(8-5-30(29)24-36)53-27-31-7-18-39(25-42(31)58-57-56-44)60(47,48)40-21-22-41(43(26-40)61(49,50)51)55-34-12-10-32(52-2)11-13-34;1-5(2,3)4/h3-26,44H,27H2,1-2H3,(H,49,50,51);1H3,(H,2,3,4). The van der Waals surface area contributed by atoms with Gasteiger partial charge in [0.15, 0.2) is 0 Å². The van der Waals surface area contributed by atoms with Crippen LogP contribution in [0.3, 0.4) is 0 Å². The molecule has 3 N–H and O–H groups in total. The van der Waals surface area contributed by atoms with Crippen molar-refractivity contribution >= 4 is 62.7 Å². The van der Waals surface area contributed by atoms with Crippen molar-refractivity contribution in [3.05, 3.63) is 157 Å². The van der Waals surface area contributed by atoms with Crippen molar-refractivity contribution in [3.8, 4) is 34.5 Å². The molecule has 0 spiro atoms. The molecular weight excluding hydrogens is 961 g/mol. The number of hydrogen-bond donors (Lipinski definition) is 3. The zero-order valence-corrected chi connectivity index (χ0v) is 38.7. The van der Waals surface area contributed by atoms with Crippen LogP contribution in [0.1, 0.15) is 11.1 Å². The average Bonchev–Trinajstić information content (AvgIpc) is 3.27. The molecule has 0 radical (unpaired) electrons. The third-order valence-electron chi connectivity index (χ3n) is 9.17. The monoisotopic (exact) mass is 998 g/mol. The van der Waals surface area contributed by atoms with Gasteiger partial charge in [0.05, 0.1) is 45.0 Å². The molecule has 0 aliphatic carbocycles. The number of hydrogen-bond acceptors (Lipinski definition) is 16. The Hall–Kier alpha value is -6.05.